The fraction of sp³-hybridized carbons (Fsp3) is 0.583. The Morgan fingerprint density at radius 1 is 1.35 bits per heavy atom. The molecule has 1 fully saturated rings. The number of nitrogens with zero attached hydrogens (tertiary/aromatic N) is 1. The van der Waals surface area contributed by atoms with E-state index in [4.69, 9.17) is 16.3 Å². The minimum Gasteiger partial charge on any atom is -1.00 e. The van der Waals surface area contributed by atoms with Gasteiger partial charge in [0.05, 0.1) is 20.1 Å². The van der Waals surface area contributed by atoms with Crippen LogP contribution >= 0.6 is 11.6 Å². The predicted octanol–water partition coefficient (Wildman–Crippen LogP) is -1.81. The highest BCUT2D eigenvalue weighted by Gasteiger charge is 2.18. The number of hydrogen-bond acceptors (Lipinski definition) is 2. The van der Waals surface area contributed by atoms with Gasteiger partial charge < -0.3 is 22.0 Å². The van der Waals surface area contributed by atoms with Crippen molar-refractivity contribution in [3.8, 4) is 5.88 Å². The molecule has 1 aromatic heterocycles. The Morgan fingerprint density at radius 2 is 2.18 bits per heavy atom. The molecule has 1 aliphatic heterocycles. The van der Waals surface area contributed by atoms with Crippen molar-refractivity contribution in [3.05, 3.63) is 23.4 Å². The maximum absolute atomic E-state index is 5.86. The highest BCUT2D eigenvalue weighted by atomic mass is 35.5. The van der Waals surface area contributed by atoms with Crippen LogP contribution in [0.4, 0.5) is 0 Å². The van der Waals surface area contributed by atoms with Crippen molar-refractivity contribution in [2.75, 3.05) is 20.1 Å². The minimum atomic E-state index is 0. The molecule has 2 unspecified atom stereocenters. The first-order valence-electron chi connectivity index (χ1n) is 5.84. The van der Waals surface area contributed by atoms with E-state index in [0.717, 1.165) is 12.8 Å². The molecule has 0 saturated carbocycles. The molecule has 1 aliphatic rings. The second kappa shape index (κ2) is 7.04. The second-order valence-electron chi connectivity index (χ2n) is 4.43. The molecule has 0 amide bonds. The second-order valence-corrected chi connectivity index (χ2v) is 4.81. The number of hydrogen-bond donors (Lipinski definition) is 1. The first kappa shape index (κ1) is 14.6. The number of pyridine rings is 1. The number of rotatable bonds is 2. The first-order valence-corrected chi connectivity index (χ1v) is 6.22. The van der Waals surface area contributed by atoms with Crippen molar-refractivity contribution in [2.24, 2.45) is 0 Å². The molecule has 96 valence electrons. The van der Waals surface area contributed by atoms with Crippen molar-refractivity contribution in [1.82, 2.24) is 4.98 Å². The van der Waals surface area contributed by atoms with Gasteiger partial charge in [-0.1, -0.05) is 17.7 Å². The van der Waals surface area contributed by atoms with Gasteiger partial charge in [0.15, 0.2) is 0 Å². The van der Waals surface area contributed by atoms with Gasteiger partial charge in [0.2, 0.25) is 5.88 Å². The highest BCUT2D eigenvalue weighted by molar-refractivity contribution is 6.29. The molecule has 0 radical (unpaired) electrons. The standard InChI is InChI=1S/C12H17ClN2O.ClH/c1-15-8-3-4-10(7-9-15)16-12-6-2-5-11(13)14-12;/h2,5-6,10H,3-4,7-9H2,1H3;1H. The Kier molecular flexibility index (Phi) is 6.03. The van der Waals surface area contributed by atoms with Crippen LogP contribution < -0.4 is 22.0 Å². The van der Waals surface area contributed by atoms with E-state index in [2.05, 4.69) is 12.0 Å². The molecule has 17 heavy (non-hydrogen) atoms. The molecular weight excluding hydrogens is 259 g/mol. The van der Waals surface area contributed by atoms with Gasteiger partial charge in [0.25, 0.3) is 0 Å². The van der Waals surface area contributed by atoms with Gasteiger partial charge in [-0.2, -0.15) is 0 Å². The monoisotopic (exact) mass is 276 g/mol. The summed E-state index contributed by atoms with van der Waals surface area (Å²) < 4.78 is 5.86. The van der Waals surface area contributed by atoms with Crippen LogP contribution in [0.1, 0.15) is 19.3 Å². The summed E-state index contributed by atoms with van der Waals surface area (Å²) in [7, 11) is 2.24. The summed E-state index contributed by atoms with van der Waals surface area (Å²) in [6, 6.07) is 5.51. The number of halogens is 2. The van der Waals surface area contributed by atoms with E-state index < -0.39 is 0 Å². The van der Waals surface area contributed by atoms with Crippen LogP contribution in [0, 0.1) is 0 Å². The van der Waals surface area contributed by atoms with E-state index in [9.17, 15) is 0 Å². The fourth-order valence-electron chi connectivity index (χ4n) is 2.05. The quantitative estimate of drug-likeness (QED) is 0.645. The molecule has 0 spiro atoms. The summed E-state index contributed by atoms with van der Waals surface area (Å²) in [5.74, 6) is 0.650. The highest BCUT2D eigenvalue weighted by Crippen LogP contribution is 2.16. The Bertz CT molecular complexity index is 349. The molecular formula is C12H18Cl2N2O. The number of ether oxygens (including phenoxy) is 1. The normalized spacial score (nSPS) is 24.6. The SMILES string of the molecule is C[NH+]1CCCC(Oc2cccc(Cl)n2)CC1.[Cl-]. The summed E-state index contributed by atoms with van der Waals surface area (Å²) in [5, 5.41) is 0.494. The lowest BCUT2D eigenvalue weighted by Crippen LogP contribution is -3.08. The van der Waals surface area contributed by atoms with Gasteiger partial charge in [-0.15, -0.1) is 0 Å². The van der Waals surface area contributed by atoms with Crippen LogP contribution in [-0.2, 0) is 0 Å². The van der Waals surface area contributed by atoms with Crippen molar-refractivity contribution < 1.29 is 22.0 Å². The predicted molar refractivity (Wildman–Crippen MR) is 64.1 cm³/mol. The Morgan fingerprint density at radius 3 is 2.94 bits per heavy atom. The molecule has 2 heterocycles. The number of aromatic nitrogens is 1. The van der Waals surface area contributed by atoms with Gasteiger partial charge in [-0.25, -0.2) is 4.98 Å². The summed E-state index contributed by atoms with van der Waals surface area (Å²) in [4.78, 5) is 5.74. The van der Waals surface area contributed by atoms with E-state index in [1.165, 1.54) is 19.5 Å². The zero-order valence-corrected chi connectivity index (χ0v) is 11.5. The summed E-state index contributed by atoms with van der Waals surface area (Å²) in [6.07, 6.45) is 3.73. The van der Waals surface area contributed by atoms with Crippen molar-refractivity contribution in [1.29, 1.82) is 0 Å². The molecule has 5 heteroatoms. The third-order valence-corrected chi connectivity index (χ3v) is 3.21. The van der Waals surface area contributed by atoms with Crippen LogP contribution in [0.25, 0.3) is 0 Å². The Hall–Kier alpha value is -0.510. The van der Waals surface area contributed by atoms with E-state index >= 15 is 0 Å². The molecule has 3 nitrogen and oxygen atoms in total. The topological polar surface area (TPSA) is 26.6 Å². The van der Waals surface area contributed by atoms with Crippen molar-refractivity contribution in [2.45, 2.75) is 25.4 Å². The molecule has 2 rings (SSSR count). The number of quaternary nitrogens is 1. The van der Waals surface area contributed by atoms with E-state index in [-0.39, 0.29) is 12.4 Å². The smallest absolute Gasteiger partial charge is 0.214 e. The van der Waals surface area contributed by atoms with Crippen LogP contribution in [0.15, 0.2) is 18.2 Å². The van der Waals surface area contributed by atoms with Crippen molar-refractivity contribution in [3.63, 3.8) is 0 Å². The van der Waals surface area contributed by atoms with E-state index in [1.807, 2.05) is 12.1 Å². The minimum absolute atomic E-state index is 0. The summed E-state index contributed by atoms with van der Waals surface area (Å²) >= 11 is 5.82. The van der Waals surface area contributed by atoms with Gasteiger partial charge >= 0.3 is 0 Å². The summed E-state index contributed by atoms with van der Waals surface area (Å²) in [5.41, 5.74) is 0. The van der Waals surface area contributed by atoms with Gasteiger partial charge in [0, 0.05) is 12.5 Å². The van der Waals surface area contributed by atoms with Crippen LogP contribution in [0.2, 0.25) is 5.15 Å². The maximum Gasteiger partial charge on any atom is 0.214 e. The molecule has 0 aromatic carbocycles. The number of likely N-dealkylation sites (tertiary alicyclic amines) is 1. The van der Waals surface area contributed by atoms with Crippen LogP contribution in [-0.4, -0.2) is 31.2 Å². The largest absolute Gasteiger partial charge is 1.00 e. The summed E-state index contributed by atoms with van der Waals surface area (Å²) in [6.45, 7) is 2.41. The molecule has 2 atom stereocenters. The fourth-order valence-corrected chi connectivity index (χ4v) is 2.21. The van der Waals surface area contributed by atoms with Crippen molar-refractivity contribution >= 4 is 11.6 Å². The zero-order valence-electron chi connectivity index (χ0n) is 9.96. The van der Waals surface area contributed by atoms with Crippen LogP contribution in [0.5, 0.6) is 5.88 Å². The molecule has 0 bridgehead atoms. The first-order chi connectivity index (χ1) is 7.74. The number of nitrogens with one attached hydrogen (secondary N) is 1. The molecule has 0 aliphatic carbocycles. The van der Waals surface area contributed by atoms with Gasteiger partial charge in [-0.3, -0.25) is 0 Å². The average molecular weight is 277 g/mol. The third-order valence-electron chi connectivity index (χ3n) is 3.00. The zero-order chi connectivity index (χ0) is 11.4. The maximum atomic E-state index is 5.86. The van der Waals surface area contributed by atoms with Gasteiger partial charge in [0.1, 0.15) is 11.3 Å². The van der Waals surface area contributed by atoms with Crippen LogP contribution in [0.3, 0.4) is 0 Å². The lowest BCUT2D eigenvalue weighted by Gasteiger charge is -2.15. The lowest BCUT2D eigenvalue weighted by molar-refractivity contribution is -0.878. The van der Waals surface area contributed by atoms with E-state index in [1.54, 1.807) is 11.0 Å². The molecule has 1 aromatic rings. The third kappa shape index (κ3) is 4.70. The Balaban J connectivity index is 0.00000144. The van der Waals surface area contributed by atoms with Gasteiger partial charge in [-0.05, 0) is 18.9 Å². The average Bonchev–Trinajstić information content (AvgIpc) is 2.44. The Labute approximate surface area is 114 Å². The molecule has 1 N–H and O–H groups in total. The van der Waals surface area contributed by atoms with E-state index in [0.29, 0.717) is 17.1 Å². The lowest BCUT2D eigenvalue weighted by atomic mass is 10.2. The molecule has 1 saturated heterocycles.